The summed E-state index contributed by atoms with van der Waals surface area (Å²) in [5, 5.41) is 13.9. The molecular weight excluding hydrogens is 375 g/mol. The molecule has 3 aromatic heterocycles. The molecule has 0 amide bonds. The van der Waals surface area contributed by atoms with Crippen LogP contribution in [-0.4, -0.2) is 31.4 Å². The van der Waals surface area contributed by atoms with Gasteiger partial charge in [0, 0.05) is 24.5 Å². The molecule has 148 valence electrons. The summed E-state index contributed by atoms with van der Waals surface area (Å²) in [7, 11) is 0. The van der Waals surface area contributed by atoms with Gasteiger partial charge in [-0.2, -0.15) is 23.3 Å². The maximum absolute atomic E-state index is 13.1. The van der Waals surface area contributed by atoms with Gasteiger partial charge in [0.1, 0.15) is 17.4 Å². The average Bonchev–Trinajstić information content (AvgIpc) is 3.31. The van der Waals surface area contributed by atoms with Gasteiger partial charge in [0.15, 0.2) is 5.76 Å². The molecule has 3 heterocycles. The summed E-state index contributed by atoms with van der Waals surface area (Å²) in [6, 6.07) is -0.0578. The summed E-state index contributed by atoms with van der Waals surface area (Å²) in [5.41, 5.74) is 1.43. The van der Waals surface area contributed by atoms with Gasteiger partial charge in [-0.3, -0.25) is 4.68 Å². The highest BCUT2D eigenvalue weighted by Crippen LogP contribution is 2.36. The number of halogens is 3. The maximum atomic E-state index is 13.1. The van der Waals surface area contributed by atoms with Crippen molar-refractivity contribution in [2.75, 3.05) is 17.2 Å². The van der Waals surface area contributed by atoms with Crippen LogP contribution in [0, 0.1) is 6.92 Å². The molecule has 28 heavy (non-hydrogen) atoms. The average molecular weight is 393 g/mol. The lowest BCUT2D eigenvalue weighted by molar-refractivity contribution is -0.137. The van der Waals surface area contributed by atoms with E-state index in [4.69, 9.17) is 4.52 Å². The van der Waals surface area contributed by atoms with E-state index in [1.165, 1.54) is 0 Å². The van der Waals surface area contributed by atoms with Gasteiger partial charge in [0.2, 0.25) is 5.95 Å². The van der Waals surface area contributed by atoms with Crippen molar-refractivity contribution in [2.45, 2.75) is 38.9 Å². The highest BCUT2D eigenvalue weighted by atomic mass is 19.4. The molecule has 1 aliphatic carbocycles. The monoisotopic (exact) mass is 393 g/mol. The van der Waals surface area contributed by atoms with Gasteiger partial charge in [-0.25, -0.2) is 4.98 Å². The smallest absolute Gasteiger partial charge is 0.370 e. The van der Waals surface area contributed by atoms with E-state index in [-0.39, 0.29) is 17.8 Å². The lowest BCUT2D eigenvalue weighted by atomic mass is 10.2. The van der Waals surface area contributed by atoms with Crippen LogP contribution in [0.25, 0.3) is 0 Å². The van der Waals surface area contributed by atoms with Crippen molar-refractivity contribution >= 4 is 17.5 Å². The number of aryl methyl sites for hydroxylation is 2. The van der Waals surface area contributed by atoms with Crippen molar-refractivity contribution in [1.82, 2.24) is 24.9 Å². The van der Waals surface area contributed by atoms with Crippen LogP contribution in [-0.2, 0) is 12.6 Å². The van der Waals surface area contributed by atoms with Crippen LogP contribution >= 0.6 is 0 Å². The molecule has 0 spiro atoms. The van der Waals surface area contributed by atoms with Crippen molar-refractivity contribution in [3.63, 3.8) is 0 Å². The molecule has 2 N–H and O–H groups in total. The van der Waals surface area contributed by atoms with Crippen LogP contribution < -0.4 is 10.6 Å². The third-order valence-electron chi connectivity index (χ3n) is 4.59. The summed E-state index contributed by atoms with van der Waals surface area (Å²) in [6.45, 7) is 3.80. The minimum atomic E-state index is -4.53. The van der Waals surface area contributed by atoms with E-state index in [9.17, 15) is 13.2 Å². The summed E-state index contributed by atoms with van der Waals surface area (Å²) >= 11 is 0. The molecule has 1 atom stereocenters. The first-order chi connectivity index (χ1) is 13.4. The van der Waals surface area contributed by atoms with E-state index in [0.717, 1.165) is 30.4 Å². The molecule has 3 aromatic rings. The highest BCUT2D eigenvalue weighted by molar-refractivity contribution is 5.58. The van der Waals surface area contributed by atoms with E-state index in [2.05, 4.69) is 30.9 Å². The van der Waals surface area contributed by atoms with Gasteiger partial charge in [0.05, 0.1) is 17.6 Å². The van der Waals surface area contributed by atoms with Crippen LogP contribution in [0.15, 0.2) is 23.1 Å². The first kappa shape index (κ1) is 18.3. The molecular formula is C17H18F3N7O. The Morgan fingerprint density at radius 3 is 2.89 bits per heavy atom. The van der Waals surface area contributed by atoms with Gasteiger partial charge < -0.3 is 15.2 Å². The Hall–Kier alpha value is -3.11. The number of rotatable bonds is 5. The number of hydrogen-bond acceptors (Lipinski definition) is 7. The molecule has 0 saturated carbocycles. The topological polar surface area (TPSA) is 93.7 Å². The summed E-state index contributed by atoms with van der Waals surface area (Å²) in [5.74, 6) is 0.576. The van der Waals surface area contributed by atoms with Crippen LogP contribution in [0.3, 0.4) is 0 Å². The second-order valence-electron chi connectivity index (χ2n) is 6.49. The van der Waals surface area contributed by atoms with Crippen molar-refractivity contribution in [3.05, 3.63) is 41.2 Å². The third-order valence-corrected chi connectivity index (χ3v) is 4.59. The minimum absolute atomic E-state index is 0.0541. The number of anilines is 3. The number of nitrogens with one attached hydrogen (secondary N) is 2. The minimum Gasteiger partial charge on any atom is -0.370 e. The zero-order valence-corrected chi connectivity index (χ0v) is 15.2. The lowest BCUT2D eigenvalue weighted by Gasteiger charge is -2.13. The summed E-state index contributed by atoms with van der Waals surface area (Å²) in [6.07, 6.45) is 1.42. The Kier molecular flexibility index (Phi) is 4.44. The molecule has 0 fully saturated rings. The zero-order valence-electron chi connectivity index (χ0n) is 15.2. The molecule has 0 bridgehead atoms. The second-order valence-corrected chi connectivity index (χ2v) is 6.49. The van der Waals surface area contributed by atoms with Gasteiger partial charge in [-0.15, -0.1) is 0 Å². The van der Waals surface area contributed by atoms with Gasteiger partial charge in [-0.1, -0.05) is 5.16 Å². The number of hydrogen-bond donors (Lipinski definition) is 2. The Bertz CT molecular complexity index is 995. The number of alkyl halides is 3. The Morgan fingerprint density at radius 2 is 2.14 bits per heavy atom. The van der Waals surface area contributed by atoms with E-state index >= 15 is 0 Å². The number of aromatic nitrogens is 5. The Morgan fingerprint density at radius 1 is 1.32 bits per heavy atom. The molecule has 0 saturated heterocycles. The SMILES string of the molecule is CCNc1nc(Nc2cn(C3CCc4cnoc43)nc2C)ncc1C(F)(F)F. The second kappa shape index (κ2) is 6.80. The molecule has 0 aliphatic heterocycles. The number of nitrogens with zero attached hydrogens (tertiary/aromatic N) is 5. The van der Waals surface area contributed by atoms with Crippen molar-refractivity contribution in [2.24, 2.45) is 0 Å². The van der Waals surface area contributed by atoms with Gasteiger partial charge >= 0.3 is 6.18 Å². The Labute approximate surface area is 158 Å². The largest absolute Gasteiger partial charge is 0.421 e. The zero-order chi connectivity index (χ0) is 19.9. The third kappa shape index (κ3) is 3.27. The standard InChI is InChI=1S/C17H18F3N7O/c1-3-21-15-11(17(18,19)20)7-22-16(25-15)24-12-8-27(26-9(12)2)13-5-4-10-6-23-28-14(10)13/h6-8,13H,3-5H2,1-2H3,(H2,21,22,24,25). The van der Waals surface area contributed by atoms with Gasteiger partial charge in [0.25, 0.3) is 0 Å². The highest BCUT2D eigenvalue weighted by Gasteiger charge is 2.35. The molecule has 0 radical (unpaired) electrons. The van der Waals surface area contributed by atoms with E-state index in [0.29, 0.717) is 17.9 Å². The van der Waals surface area contributed by atoms with Crippen LogP contribution in [0.1, 0.15) is 42.0 Å². The fraction of sp³-hybridized carbons (Fsp3) is 0.412. The number of fused-ring (bicyclic) bond motifs is 1. The quantitative estimate of drug-likeness (QED) is 0.683. The molecule has 1 unspecified atom stereocenters. The first-order valence-electron chi connectivity index (χ1n) is 8.81. The van der Waals surface area contributed by atoms with Crippen LogP contribution in [0.5, 0.6) is 0 Å². The summed E-state index contributed by atoms with van der Waals surface area (Å²) < 4.78 is 46.4. The summed E-state index contributed by atoms with van der Waals surface area (Å²) in [4.78, 5) is 7.79. The molecule has 8 nitrogen and oxygen atoms in total. The van der Waals surface area contributed by atoms with E-state index < -0.39 is 11.7 Å². The Balaban J connectivity index is 1.60. The fourth-order valence-corrected chi connectivity index (χ4v) is 3.24. The molecule has 4 rings (SSSR count). The van der Waals surface area contributed by atoms with Crippen LogP contribution in [0.2, 0.25) is 0 Å². The predicted molar refractivity (Wildman–Crippen MR) is 94.4 cm³/mol. The lowest BCUT2D eigenvalue weighted by Crippen LogP contribution is -2.14. The molecule has 0 aromatic carbocycles. The molecule has 11 heteroatoms. The molecule has 1 aliphatic rings. The normalized spacial score (nSPS) is 16.2. The van der Waals surface area contributed by atoms with Crippen molar-refractivity contribution < 1.29 is 17.7 Å². The maximum Gasteiger partial charge on any atom is 0.421 e. The van der Waals surface area contributed by atoms with Gasteiger partial charge in [-0.05, 0) is 26.7 Å². The van der Waals surface area contributed by atoms with E-state index in [1.807, 2.05) is 0 Å². The van der Waals surface area contributed by atoms with Crippen molar-refractivity contribution in [1.29, 1.82) is 0 Å². The van der Waals surface area contributed by atoms with Crippen molar-refractivity contribution in [3.8, 4) is 0 Å². The fourth-order valence-electron chi connectivity index (χ4n) is 3.24. The van der Waals surface area contributed by atoms with Crippen LogP contribution in [0.4, 0.5) is 30.6 Å². The first-order valence-corrected chi connectivity index (χ1v) is 8.81. The predicted octanol–water partition coefficient (Wildman–Crippen LogP) is 3.70. The van der Waals surface area contributed by atoms with E-state index in [1.54, 1.807) is 30.9 Å².